The summed E-state index contributed by atoms with van der Waals surface area (Å²) in [5.74, 6) is -0.885. The van der Waals surface area contributed by atoms with Crippen molar-refractivity contribution in [3.8, 4) is 0 Å². The monoisotopic (exact) mass is 311 g/mol. The molecule has 1 aromatic heterocycles. The Bertz CT molecular complexity index is 549. The Morgan fingerprint density at radius 1 is 1.48 bits per heavy atom. The molecule has 0 aromatic carbocycles. The second-order valence-corrected chi connectivity index (χ2v) is 5.57. The van der Waals surface area contributed by atoms with Gasteiger partial charge in [0.05, 0.1) is 11.1 Å². The first-order valence-electron chi connectivity index (χ1n) is 6.37. The average Bonchev–Trinajstić information content (AvgIpc) is 2.94. The van der Waals surface area contributed by atoms with E-state index in [-0.39, 0.29) is 5.84 Å². The molecule has 0 saturated carbocycles. The van der Waals surface area contributed by atoms with Crippen molar-refractivity contribution < 1.29 is 9.90 Å². The highest BCUT2D eigenvalue weighted by atomic mass is 32.1. The molecule has 2 heterocycles. The molecule has 0 amide bonds. The first kappa shape index (κ1) is 15.3. The van der Waals surface area contributed by atoms with Crippen LogP contribution in [0, 0.1) is 0 Å². The molecule has 0 spiro atoms. The maximum absolute atomic E-state index is 10.3. The first-order valence-corrected chi connectivity index (χ1v) is 7.19. The molecule has 1 aliphatic heterocycles. The molecule has 1 aliphatic rings. The van der Waals surface area contributed by atoms with E-state index in [2.05, 4.69) is 37.3 Å². The first-order chi connectivity index (χ1) is 10.1. The summed E-state index contributed by atoms with van der Waals surface area (Å²) in [5, 5.41) is 19.7. The number of hydrogen-bond acceptors (Lipinski definition) is 7. The molecule has 0 unspecified atom stereocenters. The van der Waals surface area contributed by atoms with Gasteiger partial charge in [0.1, 0.15) is 0 Å². The molecular weight excluding hydrogens is 294 g/mol. The minimum Gasteiger partial charge on any atom is -0.480 e. The Kier molecular flexibility index (Phi) is 5.17. The van der Waals surface area contributed by atoms with Gasteiger partial charge in [0.15, 0.2) is 17.5 Å². The number of nitrogens with zero attached hydrogens (tertiary/aromatic N) is 6. The Morgan fingerprint density at radius 2 is 2.19 bits per heavy atom. The lowest BCUT2D eigenvalue weighted by Gasteiger charge is -2.32. The number of anilines is 1. The summed E-state index contributed by atoms with van der Waals surface area (Å²) in [6.07, 6.45) is 1.64. The Balaban J connectivity index is 1.97. The summed E-state index contributed by atoms with van der Waals surface area (Å²) in [6.45, 7) is 3.44. The van der Waals surface area contributed by atoms with Crippen molar-refractivity contribution >= 4 is 28.3 Å². The molecule has 114 valence electrons. The summed E-state index contributed by atoms with van der Waals surface area (Å²) in [6, 6.07) is 0. The normalized spacial score (nSPS) is 17.6. The van der Waals surface area contributed by atoms with Crippen LogP contribution in [0.15, 0.2) is 21.6 Å². The molecule has 0 atom stereocenters. The maximum Gasteiger partial charge on any atom is 0.327 e. The zero-order chi connectivity index (χ0) is 15.2. The second kappa shape index (κ2) is 7.09. The number of thiazole rings is 1. The number of likely N-dealkylation sites (N-methyl/N-ethyl adjacent to an activating group) is 1. The zero-order valence-corrected chi connectivity index (χ0v) is 12.5. The van der Waals surface area contributed by atoms with Gasteiger partial charge in [0.2, 0.25) is 0 Å². The summed E-state index contributed by atoms with van der Waals surface area (Å²) in [4.78, 5) is 19.8. The third-order valence-electron chi connectivity index (χ3n) is 2.94. The van der Waals surface area contributed by atoms with E-state index in [1.807, 2.05) is 0 Å². The molecule has 1 aromatic rings. The van der Waals surface area contributed by atoms with Gasteiger partial charge in [-0.25, -0.2) is 4.98 Å². The SMILES string of the molecule is CN1CCN(c2ncc(/C(N)=N/N=NCC(=O)O)s2)CC1. The smallest absolute Gasteiger partial charge is 0.327 e. The van der Waals surface area contributed by atoms with E-state index in [0.717, 1.165) is 31.3 Å². The fraction of sp³-hybridized carbons (Fsp3) is 0.545. The van der Waals surface area contributed by atoms with Crippen LogP contribution in [-0.4, -0.2) is 66.6 Å². The lowest BCUT2D eigenvalue weighted by Crippen LogP contribution is -2.44. The lowest BCUT2D eigenvalue weighted by atomic mass is 10.3. The quantitative estimate of drug-likeness (QED) is 0.343. The van der Waals surface area contributed by atoms with Gasteiger partial charge in [0.25, 0.3) is 0 Å². The fourth-order valence-corrected chi connectivity index (χ4v) is 2.61. The number of aromatic nitrogens is 1. The highest BCUT2D eigenvalue weighted by Gasteiger charge is 2.17. The fourth-order valence-electron chi connectivity index (χ4n) is 1.75. The number of carbonyl (C=O) groups is 1. The third kappa shape index (κ3) is 4.46. The third-order valence-corrected chi connectivity index (χ3v) is 4.02. The van der Waals surface area contributed by atoms with Crippen LogP contribution in [0.3, 0.4) is 0 Å². The highest BCUT2D eigenvalue weighted by Crippen LogP contribution is 2.23. The van der Waals surface area contributed by atoms with Crippen molar-refractivity contribution in [3.63, 3.8) is 0 Å². The van der Waals surface area contributed by atoms with Crippen LogP contribution >= 0.6 is 11.3 Å². The molecule has 0 aliphatic carbocycles. The predicted octanol–water partition coefficient (Wildman–Crippen LogP) is 0.0520. The van der Waals surface area contributed by atoms with Crippen LogP contribution in [0.2, 0.25) is 0 Å². The lowest BCUT2D eigenvalue weighted by molar-refractivity contribution is -0.135. The van der Waals surface area contributed by atoms with E-state index >= 15 is 0 Å². The summed E-state index contributed by atoms with van der Waals surface area (Å²) in [5.41, 5.74) is 5.77. The second-order valence-electron chi connectivity index (χ2n) is 4.57. The minimum atomic E-state index is -1.07. The molecule has 0 bridgehead atoms. The van der Waals surface area contributed by atoms with Crippen LogP contribution in [-0.2, 0) is 4.79 Å². The van der Waals surface area contributed by atoms with E-state index in [4.69, 9.17) is 10.8 Å². The predicted molar refractivity (Wildman–Crippen MR) is 79.9 cm³/mol. The average molecular weight is 311 g/mol. The Labute approximate surface area is 125 Å². The van der Waals surface area contributed by atoms with Gasteiger partial charge in [-0.15, -0.1) is 5.10 Å². The molecule has 1 saturated heterocycles. The topological polar surface area (TPSA) is 120 Å². The van der Waals surface area contributed by atoms with Crippen LogP contribution in [0.1, 0.15) is 4.88 Å². The van der Waals surface area contributed by atoms with Gasteiger partial charge >= 0.3 is 5.97 Å². The highest BCUT2D eigenvalue weighted by molar-refractivity contribution is 7.17. The Hall–Kier alpha value is -2.07. The van der Waals surface area contributed by atoms with Gasteiger partial charge in [-0.05, 0) is 12.3 Å². The van der Waals surface area contributed by atoms with Crippen molar-refractivity contribution in [2.75, 3.05) is 44.7 Å². The van der Waals surface area contributed by atoms with E-state index in [9.17, 15) is 4.79 Å². The Morgan fingerprint density at radius 3 is 2.86 bits per heavy atom. The molecule has 9 nitrogen and oxygen atoms in total. The summed E-state index contributed by atoms with van der Waals surface area (Å²) in [7, 11) is 2.09. The van der Waals surface area contributed by atoms with Crippen molar-refractivity contribution in [2.45, 2.75) is 0 Å². The van der Waals surface area contributed by atoms with E-state index in [1.54, 1.807) is 6.20 Å². The molecular formula is C11H17N7O2S. The number of nitrogens with two attached hydrogens (primary N) is 1. The van der Waals surface area contributed by atoms with Crippen LogP contribution < -0.4 is 10.6 Å². The van der Waals surface area contributed by atoms with E-state index < -0.39 is 12.5 Å². The number of piperazine rings is 1. The molecule has 3 N–H and O–H groups in total. The van der Waals surface area contributed by atoms with Crippen LogP contribution in [0.4, 0.5) is 5.13 Å². The standard InChI is InChI=1S/C11H17N7O2S/c1-17-2-4-18(5-3-17)11-13-6-8(21-11)10(12)15-16-14-7-9(19)20/h6H,2-5,7H2,1H3,(H,19,20)(H2,12,14,15). The van der Waals surface area contributed by atoms with Crippen molar-refractivity contribution in [3.05, 3.63) is 11.1 Å². The van der Waals surface area contributed by atoms with Crippen LogP contribution in [0.5, 0.6) is 0 Å². The number of amidine groups is 1. The van der Waals surface area contributed by atoms with Crippen molar-refractivity contribution in [1.82, 2.24) is 9.88 Å². The summed E-state index contributed by atoms with van der Waals surface area (Å²) >= 11 is 1.44. The molecule has 2 rings (SSSR count). The van der Waals surface area contributed by atoms with Gasteiger partial charge in [-0.1, -0.05) is 11.3 Å². The van der Waals surface area contributed by atoms with Crippen molar-refractivity contribution in [2.24, 2.45) is 21.2 Å². The number of rotatable bonds is 5. The number of hydrogen-bond donors (Lipinski definition) is 2. The minimum absolute atomic E-state index is 0.182. The van der Waals surface area contributed by atoms with Gasteiger partial charge in [0, 0.05) is 26.2 Å². The van der Waals surface area contributed by atoms with Crippen molar-refractivity contribution in [1.29, 1.82) is 0 Å². The maximum atomic E-state index is 10.3. The molecule has 1 fully saturated rings. The molecule has 0 radical (unpaired) electrons. The zero-order valence-electron chi connectivity index (χ0n) is 11.6. The van der Waals surface area contributed by atoms with Gasteiger partial charge < -0.3 is 20.6 Å². The largest absolute Gasteiger partial charge is 0.480 e. The summed E-state index contributed by atoms with van der Waals surface area (Å²) < 4.78 is 0. The van der Waals surface area contributed by atoms with E-state index in [1.165, 1.54) is 11.3 Å². The molecule has 10 heteroatoms. The van der Waals surface area contributed by atoms with E-state index in [0.29, 0.717) is 4.88 Å². The van der Waals surface area contributed by atoms with Gasteiger partial charge in [-0.2, -0.15) is 5.11 Å². The number of aliphatic carboxylic acids is 1. The van der Waals surface area contributed by atoms with Gasteiger partial charge in [-0.3, -0.25) is 4.79 Å². The number of carboxylic acid groups (broad SMARTS) is 1. The van der Waals surface area contributed by atoms with Crippen LogP contribution in [0.25, 0.3) is 0 Å². The number of carboxylic acids is 1. The molecule has 21 heavy (non-hydrogen) atoms.